The fourth-order valence-electron chi connectivity index (χ4n) is 1.71. The molecule has 6 nitrogen and oxygen atoms in total. The van der Waals surface area contributed by atoms with Crippen molar-refractivity contribution in [3.63, 3.8) is 0 Å². The summed E-state index contributed by atoms with van der Waals surface area (Å²) >= 11 is 0. The average molecular weight is 294 g/mol. The van der Waals surface area contributed by atoms with Gasteiger partial charge in [0.05, 0.1) is 5.75 Å². The molecule has 0 aliphatic carbocycles. The van der Waals surface area contributed by atoms with Crippen molar-refractivity contribution < 1.29 is 8.42 Å². The van der Waals surface area contributed by atoms with E-state index in [4.69, 9.17) is 5.73 Å². The summed E-state index contributed by atoms with van der Waals surface area (Å²) in [5, 5.41) is 6.75. The van der Waals surface area contributed by atoms with Crippen molar-refractivity contribution in [3.05, 3.63) is 41.6 Å². The molecule has 0 spiro atoms. The molecule has 0 radical (unpaired) electrons. The number of aromatic amines is 1. The molecule has 108 valence electrons. The molecule has 0 unspecified atom stereocenters. The molecule has 20 heavy (non-hydrogen) atoms. The summed E-state index contributed by atoms with van der Waals surface area (Å²) in [7, 11) is -3.49. The Kier molecular flexibility index (Phi) is 3.99. The molecule has 0 amide bonds. The van der Waals surface area contributed by atoms with Crippen LogP contribution in [0, 0.1) is 0 Å². The summed E-state index contributed by atoms with van der Waals surface area (Å²) in [6, 6.07) is 8.44. The molecule has 2 aromatic rings. The van der Waals surface area contributed by atoms with Crippen LogP contribution in [0.5, 0.6) is 0 Å². The minimum Gasteiger partial charge on any atom is -0.399 e. The van der Waals surface area contributed by atoms with E-state index in [9.17, 15) is 8.42 Å². The number of hydrogen-bond donors (Lipinski definition) is 3. The number of H-pyrrole nitrogens is 1. The second kappa shape index (κ2) is 5.54. The highest BCUT2D eigenvalue weighted by Gasteiger charge is 2.14. The lowest BCUT2D eigenvalue weighted by Crippen LogP contribution is -2.15. The highest BCUT2D eigenvalue weighted by Crippen LogP contribution is 2.17. The molecule has 1 aromatic heterocycles. The van der Waals surface area contributed by atoms with Gasteiger partial charge in [0.1, 0.15) is 0 Å². The molecular weight excluding hydrogens is 276 g/mol. The third-order valence-corrected chi connectivity index (χ3v) is 4.05. The number of nitrogens with zero attached hydrogens (tertiary/aromatic N) is 1. The number of rotatable bonds is 5. The van der Waals surface area contributed by atoms with Crippen LogP contribution in [0.25, 0.3) is 0 Å². The smallest absolute Gasteiger partial charge is 0.238 e. The molecule has 1 aromatic carbocycles. The van der Waals surface area contributed by atoms with Crippen LogP contribution in [0.15, 0.2) is 30.3 Å². The van der Waals surface area contributed by atoms with Crippen molar-refractivity contribution in [1.29, 1.82) is 0 Å². The maximum Gasteiger partial charge on any atom is 0.238 e. The average Bonchev–Trinajstić information content (AvgIpc) is 2.79. The van der Waals surface area contributed by atoms with Gasteiger partial charge in [0.25, 0.3) is 0 Å². The van der Waals surface area contributed by atoms with Gasteiger partial charge in [-0.15, -0.1) is 0 Å². The second-order valence-corrected chi connectivity index (χ2v) is 6.69. The highest BCUT2D eigenvalue weighted by molar-refractivity contribution is 7.91. The molecular formula is C13H18N4O2S. The van der Waals surface area contributed by atoms with Crippen LogP contribution >= 0.6 is 0 Å². The fourth-order valence-corrected chi connectivity index (χ4v) is 2.84. The first-order valence-electron chi connectivity index (χ1n) is 6.26. The Morgan fingerprint density at radius 1 is 1.30 bits per heavy atom. The van der Waals surface area contributed by atoms with E-state index in [1.54, 1.807) is 30.3 Å². The molecule has 0 saturated carbocycles. The molecule has 0 saturated heterocycles. The van der Waals surface area contributed by atoms with Crippen LogP contribution in [0.3, 0.4) is 0 Å². The number of nitrogens with two attached hydrogens (primary N) is 1. The first-order valence-corrected chi connectivity index (χ1v) is 7.91. The first kappa shape index (κ1) is 14.4. The molecule has 0 fully saturated rings. The van der Waals surface area contributed by atoms with E-state index in [-0.39, 0.29) is 11.7 Å². The zero-order chi connectivity index (χ0) is 14.8. The number of hydrogen-bond acceptors (Lipinski definition) is 4. The Morgan fingerprint density at radius 3 is 2.50 bits per heavy atom. The van der Waals surface area contributed by atoms with Crippen molar-refractivity contribution in [2.24, 2.45) is 0 Å². The summed E-state index contributed by atoms with van der Waals surface area (Å²) in [5.74, 6) is 0.457. The highest BCUT2D eigenvalue weighted by atomic mass is 32.2. The summed E-state index contributed by atoms with van der Waals surface area (Å²) in [6.07, 6.45) is 0. The van der Waals surface area contributed by atoms with Crippen molar-refractivity contribution in [2.75, 3.05) is 10.5 Å². The van der Waals surface area contributed by atoms with E-state index < -0.39 is 10.0 Å². The number of nitrogen functional groups attached to an aromatic ring is 1. The van der Waals surface area contributed by atoms with Gasteiger partial charge < -0.3 is 5.73 Å². The molecule has 1 heterocycles. The van der Waals surface area contributed by atoms with E-state index in [0.717, 1.165) is 5.69 Å². The molecule has 0 atom stereocenters. The lowest BCUT2D eigenvalue weighted by atomic mass is 10.1. The van der Waals surface area contributed by atoms with E-state index in [1.165, 1.54) is 0 Å². The van der Waals surface area contributed by atoms with Crippen LogP contribution in [0.2, 0.25) is 0 Å². The predicted molar refractivity (Wildman–Crippen MR) is 79.8 cm³/mol. The Hall–Kier alpha value is -2.02. The maximum atomic E-state index is 12.0. The third kappa shape index (κ3) is 3.74. The number of sulfonamides is 1. The first-order chi connectivity index (χ1) is 9.35. The van der Waals surface area contributed by atoms with E-state index >= 15 is 0 Å². The van der Waals surface area contributed by atoms with Crippen LogP contribution in [-0.4, -0.2) is 18.6 Å². The van der Waals surface area contributed by atoms with Gasteiger partial charge in [-0.3, -0.25) is 9.82 Å². The summed E-state index contributed by atoms with van der Waals surface area (Å²) in [6.45, 7) is 4.00. The van der Waals surface area contributed by atoms with Crippen molar-refractivity contribution in [2.45, 2.75) is 25.5 Å². The quantitative estimate of drug-likeness (QED) is 0.735. The van der Waals surface area contributed by atoms with Crippen LogP contribution in [0.1, 0.15) is 31.0 Å². The van der Waals surface area contributed by atoms with Gasteiger partial charge in [-0.1, -0.05) is 26.0 Å². The monoisotopic (exact) mass is 294 g/mol. The Bertz CT molecular complexity index is 675. The molecule has 0 bridgehead atoms. The zero-order valence-electron chi connectivity index (χ0n) is 11.4. The normalized spacial score (nSPS) is 11.8. The Balaban J connectivity index is 2.08. The maximum absolute atomic E-state index is 12.0. The van der Waals surface area contributed by atoms with Crippen LogP contribution in [0.4, 0.5) is 11.5 Å². The predicted octanol–water partition coefficient (Wildman–Crippen LogP) is 2.06. The minimum absolute atomic E-state index is 0.114. The van der Waals surface area contributed by atoms with E-state index in [0.29, 0.717) is 17.1 Å². The SMILES string of the molecule is CC(C)c1cc(NS(=O)(=O)Cc2ccc(N)cc2)n[nH]1. The Morgan fingerprint density at radius 2 is 1.95 bits per heavy atom. The summed E-state index contributed by atoms with van der Waals surface area (Å²) < 4.78 is 26.5. The standard InChI is InChI=1S/C13H18N4O2S/c1-9(2)12-7-13(16-15-12)17-20(18,19)8-10-3-5-11(14)6-4-10/h3-7,9H,8,14H2,1-2H3,(H2,15,16,17). The Labute approximate surface area is 118 Å². The largest absolute Gasteiger partial charge is 0.399 e. The molecule has 2 rings (SSSR count). The molecule has 0 aliphatic heterocycles. The van der Waals surface area contributed by atoms with E-state index in [1.807, 2.05) is 13.8 Å². The van der Waals surface area contributed by atoms with Gasteiger partial charge in [-0.05, 0) is 23.6 Å². The number of benzene rings is 1. The van der Waals surface area contributed by atoms with Gasteiger partial charge in [0, 0.05) is 17.4 Å². The lowest BCUT2D eigenvalue weighted by Gasteiger charge is -2.05. The third-order valence-electron chi connectivity index (χ3n) is 2.82. The van der Waals surface area contributed by atoms with Gasteiger partial charge in [0.15, 0.2) is 5.82 Å². The van der Waals surface area contributed by atoms with Gasteiger partial charge in [-0.2, -0.15) is 5.10 Å². The zero-order valence-corrected chi connectivity index (χ0v) is 12.2. The van der Waals surface area contributed by atoms with Gasteiger partial charge in [0.2, 0.25) is 10.0 Å². The van der Waals surface area contributed by atoms with Crippen molar-refractivity contribution in [3.8, 4) is 0 Å². The summed E-state index contributed by atoms with van der Waals surface area (Å²) in [5.41, 5.74) is 7.73. The van der Waals surface area contributed by atoms with Crippen LogP contribution in [-0.2, 0) is 15.8 Å². The lowest BCUT2D eigenvalue weighted by molar-refractivity contribution is 0.600. The molecule has 4 N–H and O–H groups in total. The second-order valence-electron chi connectivity index (χ2n) is 4.97. The van der Waals surface area contributed by atoms with E-state index in [2.05, 4.69) is 14.9 Å². The van der Waals surface area contributed by atoms with Crippen LogP contribution < -0.4 is 10.5 Å². The van der Waals surface area contributed by atoms with Crippen molar-refractivity contribution in [1.82, 2.24) is 10.2 Å². The number of aromatic nitrogens is 2. The van der Waals surface area contributed by atoms with Crippen molar-refractivity contribution >= 4 is 21.5 Å². The number of nitrogens with one attached hydrogen (secondary N) is 2. The molecule has 0 aliphatic rings. The van der Waals surface area contributed by atoms with Gasteiger partial charge >= 0.3 is 0 Å². The summed E-state index contributed by atoms with van der Waals surface area (Å²) in [4.78, 5) is 0. The topological polar surface area (TPSA) is 101 Å². The fraction of sp³-hybridized carbons (Fsp3) is 0.308. The number of anilines is 2. The minimum atomic E-state index is -3.49. The molecule has 7 heteroatoms. The van der Waals surface area contributed by atoms with Gasteiger partial charge in [-0.25, -0.2) is 8.42 Å².